The van der Waals surface area contributed by atoms with Crippen molar-refractivity contribution in [1.29, 1.82) is 0 Å². The second-order valence-corrected chi connectivity index (χ2v) is 4.75. The smallest absolute Gasteiger partial charge is 0.416 e. The highest BCUT2D eigenvalue weighted by Gasteiger charge is 2.29. The highest BCUT2D eigenvalue weighted by molar-refractivity contribution is 5.98. The molecule has 0 aromatic heterocycles. The van der Waals surface area contributed by atoms with E-state index in [1.807, 2.05) is 0 Å². The van der Waals surface area contributed by atoms with Crippen molar-refractivity contribution in [1.82, 2.24) is 0 Å². The molecular formula is C16H13F3O4. The highest BCUT2D eigenvalue weighted by Crippen LogP contribution is 2.29. The number of aliphatic hydroxyl groups excluding tert-OH is 1. The van der Waals surface area contributed by atoms with Crippen molar-refractivity contribution >= 4 is 5.78 Å². The van der Waals surface area contributed by atoms with Gasteiger partial charge in [-0.3, -0.25) is 4.79 Å². The number of rotatable bonds is 5. The van der Waals surface area contributed by atoms with Gasteiger partial charge < -0.3 is 14.9 Å². The monoisotopic (exact) mass is 326 g/mol. The van der Waals surface area contributed by atoms with E-state index in [4.69, 9.17) is 14.9 Å². The molecule has 0 amide bonds. The van der Waals surface area contributed by atoms with Gasteiger partial charge in [0.05, 0.1) is 5.56 Å². The molecule has 0 fully saturated rings. The van der Waals surface area contributed by atoms with Crippen LogP contribution in [-0.4, -0.2) is 22.3 Å². The molecule has 0 heterocycles. The zero-order valence-corrected chi connectivity index (χ0v) is 11.7. The average Bonchev–Trinajstić information content (AvgIpc) is 2.52. The third-order valence-corrected chi connectivity index (χ3v) is 3.04. The van der Waals surface area contributed by atoms with E-state index in [0.717, 1.165) is 12.1 Å². The molecule has 122 valence electrons. The first-order chi connectivity index (χ1) is 10.8. The third-order valence-electron chi connectivity index (χ3n) is 3.04. The summed E-state index contributed by atoms with van der Waals surface area (Å²) in [5, 5.41) is 17.7. The fraction of sp³-hybridized carbons (Fsp3) is 0.188. The first kappa shape index (κ1) is 17.0. The molecule has 7 heteroatoms. The van der Waals surface area contributed by atoms with Crippen molar-refractivity contribution in [3.05, 3.63) is 65.2 Å². The van der Waals surface area contributed by atoms with Crippen LogP contribution in [0.3, 0.4) is 0 Å². The van der Waals surface area contributed by atoms with E-state index in [9.17, 15) is 18.0 Å². The van der Waals surface area contributed by atoms with Crippen LogP contribution in [0.5, 0.6) is 5.75 Å². The zero-order chi connectivity index (χ0) is 17.0. The van der Waals surface area contributed by atoms with Crippen LogP contribution in [0.4, 0.5) is 13.2 Å². The lowest BCUT2D eigenvalue weighted by Crippen LogP contribution is -2.19. The number of halogens is 3. The molecule has 0 saturated carbocycles. The molecule has 0 aliphatic heterocycles. The Bertz CT molecular complexity index is 678. The van der Waals surface area contributed by atoms with E-state index in [-0.39, 0.29) is 17.9 Å². The lowest BCUT2D eigenvalue weighted by Gasteiger charge is -2.10. The number of hydrogen-bond donors (Lipinski definition) is 2. The van der Waals surface area contributed by atoms with Gasteiger partial charge in [0.15, 0.2) is 0 Å². The second kappa shape index (κ2) is 6.80. The van der Waals surface area contributed by atoms with Crippen LogP contribution in [-0.2, 0) is 12.8 Å². The molecule has 0 atom stereocenters. The molecule has 0 saturated heterocycles. The van der Waals surface area contributed by atoms with Gasteiger partial charge in [0, 0.05) is 5.56 Å². The number of aliphatic hydroxyl groups is 2. The molecule has 0 bridgehead atoms. The topological polar surface area (TPSA) is 66.8 Å². The largest absolute Gasteiger partial charge is 0.489 e. The van der Waals surface area contributed by atoms with Crippen LogP contribution >= 0.6 is 0 Å². The van der Waals surface area contributed by atoms with E-state index in [1.54, 1.807) is 6.07 Å². The molecular weight excluding hydrogens is 313 g/mol. The van der Waals surface area contributed by atoms with Crippen LogP contribution in [0.2, 0.25) is 0 Å². The van der Waals surface area contributed by atoms with Gasteiger partial charge >= 0.3 is 6.18 Å². The molecule has 0 spiro atoms. The van der Waals surface area contributed by atoms with E-state index < -0.39 is 23.8 Å². The standard InChI is InChI=1S/C16H13F3O4/c17-16(18,19)12-6-4-10(5-7-12)9-23-13-3-1-2-11(8-13)14(20)15(21)22/h1-8,15,21-22H,9H2. The van der Waals surface area contributed by atoms with Gasteiger partial charge in [-0.15, -0.1) is 0 Å². The number of alkyl halides is 3. The van der Waals surface area contributed by atoms with E-state index in [1.165, 1.54) is 30.3 Å². The highest BCUT2D eigenvalue weighted by atomic mass is 19.4. The lowest BCUT2D eigenvalue weighted by molar-refractivity contribution is -0.137. The summed E-state index contributed by atoms with van der Waals surface area (Å²) in [6.45, 7) is 0.0114. The van der Waals surface area contributed by atoms with Crippen LogP contribution < -0.4 is 4.74 Å². The number of ether oxygens (including phenoxy) is 1. The maximum atomic E-state index is 12.5. The second-order valence-electron chi connectivity index (χ2n) is 4.75. The van der Waals surface area contributed by atoms with Gasteiger partial charge in [-0.25, -0.2) is 0 Å². The third kappa shape index (κ3) is 4.54. The number of carbonyl (C=O) groups excluding carboxylic acids is 1. The van der Waals surface area contributed by atoms with Gasteiger partial charge in [-0.1, -0.05) is 24.3 Å². The Hall–Kier alpha value is -2.38. The van der Waals surface area contributed by atoms with E-state index in [2.05, 4.69) is 0 Å². The molecule has 2 aromatic rings. The van der Waals surface area contributed by atoms with Crippen molar-refractivity contribution in [2.45, 2.75) is 19.1 Å². The summed E-state index contributed by atoms with van der Waals surface area (Å²) in [5.74, 6) is -0.582. The minimum atomic E-state index is -4.39. The Morgan fingerprint density at radius 3 is 2.30 bits per heavy atom. The maximum absolute atomic E-state index is 12.5. The molecule has 4 nitrogen and oxygen atoms in total. The first-order valence-corrected chi connectivity index (χ1v) is 6.57. The Morgan fingerprint density at radius 1 is 1.09 bits per heavy atom. The van der Waals surface area contributed by atoms with E-state index >= 15 is 0 Å². The number of hydrogen-bond acceptors (Lipinski definition) is 4. The molecule has 0 unspecified atom stereocenters. The molecule has 2 aromatic carbocycles. The summed E-state index contributed by atoms with van der Waals surface area (Å²) in [4.78, 5) is 11.4. The fourth-order valence-corrected chi connectivity index (χ4v) is 1.84. The Labute approximate surface area is 129 Å². The number of ketones is 1. The molecule has 23 heavy (non-hydrogen) atoms. The summed E-state index contributed by atoms with van der Waals surface area (Å²) in [6, 6.07) is 10.3. The molecule has 2 rings (SSSR count). The van der Waals surface area contributed by atoms with Gasteiger partial charge in [-0.05, 0) is 29.8 Å². The molecule has 0 aliphatic rings. The minimum Gasteiger partial charge on any atom is -0.489 e. The van der Waals surface area contributed by atoms with Crippen molar-refractivity contribution in [2.24, 2.45) is 0 Å². The van der Waals surface area contributed by atoms with Gasteiger partial charge in [0.1, 0.15) is 12.4 Å². The van der Waals surface area contributed by atoms with Crippen molar-refractivity contribution in [2.75, 3.05) is 0 Å². The summed E-state index contributed by atoms with van der Waals surface area (Å²) < 4.78 is 42.7. The minimum absolute atomic E-state index is 0.0114. The zero-order valence-electron chi connectivity index (χ0n) is 11.7. The Balaban J connectivity index is 2.04. The number of carbonyl (C=O) groups is 1. The lowest BCUT2D eigenvalue weighted by atomic mass is 10.1. The molecule has 0 radical (unpaired) electrons. The quantitative estimate of drug-likeness (QED) is 0.655. The maximum Gasteiger partial charge on any atom is 0.416 e. The van der Waals surface area contributed by atoms with Crippen LogP contribution in [0, 0.1) is 0 Å². The Morgan fingerprint density at radius 2 is 1.74 bits per heavy atom. The molecule has 2 N–H and O–H groups in total. The average molecular weight is 326 g/mol. The predicted molar refractivity (Wildman–Crippen MR) is 74.8 cm³/mol. The summed E-state index contributed by atoms with van der Waals surface area (Å²) in [7, 11) is 0. The van der Waals surface area contributed by atoms with Gasteiger partial charge in [0.25, 0.3) is 0 Å². The predicted octanol–water partition coefficient (Wildman–Crippen LogP) is 2.78. The van der Waals surface area contributed by atoms with Crippen LogP contribution in [0.15, 0.2) is 48.5 Å². The van der Waals surface area contributed by atoms with Crippen LogP contribution in [0.25, 0.3) is 0 Å². The van der Waals surface area contributed by atoms with Crippen LogP contribution in [0.1, 0.15) is 21.5 Å². The summed E-state index contributed by atoms with van der Waals surface area (Å²) in [5.41, 5.74) is -0.160. The van der Waals surface area contributed by atoms with Crippen molar-refractivity contribution < 1.29 is 32.9 Å². The fourth-order valence-electron chi connectivity index (χ4n) is 1.84. The number of Topliss-reactive ketones (excluding diaryl/α,β-unsaturated/α-hetero) is 1. The summed E-state index contributed by atoms with van der Waals surface area (Å²) in [6.07, 6.45) is -6.50. The van der Waals surface area contributed by atoms with Gasteiger partial charge in [0.2, 0.25) is 12.1 Å². The number of benzene rings is 2. The molecule has 0 aliphatic carbocycles. The first-order valence-electron chi connectivity index (χ1n) is 6.57. The summed E-state index contributed by atoms with van der Waals surface area (Å²) >= 11 is 0. The van der Waals surface area contributed by atoms with Crippen molar-refractivity contribution in [3.63, 3.8) is 0 Å². The normalized spacial score (nSPS) is 11.6. The van der Waals surface area contributed by atoms with Gasteiger partial charge in [-0.2, -0.15) is 13.2 Å². The SMILES string of the molecule is O=C(c1cccc(OCc2ccc(C(F)(F)F)cc2)c1)C(O)O. The van der Waals surface area contributed by atoms with Crippen molar-refractivity contribution in [3.8, 4) is 5.75 Å². The Kier molecular flexibility index (Phi) is 5.02. The van der Waals surface area contributed by atoms with E-state index in [0.29, 0.717) is 5.56 Å².